The molecule has 0 bridgehead atoms. The van der Waals surface area contributed by atoms with E-state index >= 15 is 0 Å². The Balaban J connectivity index is 2.02. The van der Waals surface area contributed by atoms with Crippen LogP contribution in [0.15, 0.2) is 46.9 Å². The summed E-state index contributed by atoms with van der Waals surface area (Å²) in [5.41, 5.74) is 4.31. The van der Waals surface area contributed by atoms with Gasteiger partial charge in [-0.25, -0.2) is 4.98 Å². The summed E-state index contributed by atoms with van der Waals surface area (Å²) >= 11 is 3.57. The molecule has 0 fully saturated rings. The van der Waals surface area contributed by atoms with Crippen molar-refractivity contribution in [3.8, 4) is 6.07 Å². The summed E-state index contributed by atoms with van der Waals surface area (Å²) in [6, 6.07) is 16.0. The number of rotatable bonds is 3. The molecule has 1 N–H and O–H groups in total. The second-order valence-electron chi connectivity index (χ2n) is 5.38. The fourth-order valence-electron chi connectivity index (χ4n) is 2.38. The summed E-state index contributed by atoms with van der Waals surface area (Å²) in [6.45, 7) is 0. The Bertz CT molecular complexity index is 899. The van der Waals surface area contributed by atoms with Gasteiger partial charge in [0, 0.05) is 18.6 Å². The molecule has 114 valence electrons. The van der Waals surface area contributed by atoms with Crippen molar-refractivity contribution in [3.05, 3.63) is 58.3 Å². The number of benzene rings is 2. The van der Waals surface area contributed by atoms with Gasteiger partial charge in [-0.1, -0.05) is 18.2 Å². The number of H-pyrrole nitrogens is 1. The number of para-hydroxylation sites is 2. The van der Waals surface area contributed by atoms with E-state index in [0.29, 0.717) is 11.4 Å². The third-order valence-electron chi connectivity index (χ3n) is 3.53. The Morgan fingerprint density at radius 3 is 2.70 bits per heavy atom. The maximum Gasteiger partial charge on any atom is 0.149 e. The number of anilines is 1. The number of fused-ring (bicyclic) bond motifs is 1. The molecule has 0 radical (unpaired) electrons. The highest BCUT2D eigenvalue weighted by Crippen LogP contribution is 2.27. The van der Waals surface area contributed by atoms with Crippen LogP contribution >= 0.6 is 15.9 Å². The van der Waals surface area contributed by atoms with E-state index in [4.69, 9.17) is 0 Å². The number of imidazole rings is 1. The van der Waals surface area contributed by atoms with Crippen LogP contribution in [0.1, 0.15) is 11.4 Å². The fourth-order valence-corrected chi connectivity index (χ4v) is 3.13. The van der Waals surface area contributed by atoms with Gasteiger partial charge in [0.05, 0.1) is 22.3 Å². The largest absolute Gasteiger partial charge is 0.377 e. The molecule has 5 heteroatoms. The molecule has 0 aliphatic carbocycles. The summed E-state index contributed by atoms with van der Waals surface area (Å²) in [7, 11) is 3.98. The molecule has 1 heterocycles. The van der Waals surface area contributed by atoms with Crippen molar-refractivity contribution in [2.75, 3.05) is 19.0 Å². The van der Waals surface area contributed by atoms with E-state index in [1.165, 1.54) is 0 Å². The van der Waals surface area contributed by atoms with Crippen LogP contribution in [0.3, 0.4) is 0 Å². The smallest absolute Gasteiger partial charge is 0.149 e. The predicted molar refractivity (Wildman–Crippen MR) is 98.0 cm³/mol. The minimum absolute atomic E-state index is 0.505. The molecule has 0 saturated carbocycles. The maximum atomic E-state index is 9.48. The zero-order valence-corrected chi connectivity index (χ0v) is 14.4. The Hall–Kier alpha value is -2.58. The molecule has 3 aromatic rings. The van der Waals surface area contributed by atoms with Gasteiger partial charge < -0.3 is 9.88 Å². The van der Waals surface area contributed by atoms with E-state index in [9.17, 15) is 5.26 Å². The van der Waals surface area contributed by atoms with Gasteiger partial charge in [0.15, 0.2) is 0 Å². The lowest BCUT2D eigenvalue weighted by Gasteiger charge is -2.14. The molecule has 0 saturated heterocycles. The average Bonchev–Trinajstić information content (AvgIpc) is 2.96. The van der Waals surface area contributed by atoms with Crippen molar-refractivity contribution in [2.24, 2.45) is 0 Å². The zero-order chi connectivity index (χ0) is 16.4. The van der Waals surface area contributed by atoms with Crippen molar-refractivity contribution < 1.29 is 0 Å². The van der Waals surface area contributed by atoms with Gasteiger partial charge in [-0.15, -0.1) is 0 Å². The highest BCUT2D eigenvalue weighted by molar-refractivity contribution is 9.10. The normalized spacial score (nSPS) is 11.5. The number of nitrogens with zero attached hydrogens (tertiary/aromatic N) is 3. The first-order valence-electron chi connectivity index (χ1n) is 7.12. The van der Waals surface area contributed by atoms with Gasteiger partial charge >= 0.3 is 0 Å². The molecule has 0 spiro atoms. The summed E-state index contributed by atoms with van der Waals surface area (Å²) in [5, 5.41) is 9.48. The van der Waals surface area contributed by atoms with E-state index in [1.807, 2.05) is 67.5 Å². The third-order valence-corrected chi connectivity index (χ3v) is 4.16. The molecule has 0 amide bonds. The summed E-state index contributed by atoms with van der Waals surface area (Å²) < 4.78 is 0.984. The monoisotopic (exact) mass is 366 g/mol. The zero-order valence-electron chi connectivity index (χ0n) is 12.8. The van der Waals surface area contributed by atoms with Crippen LogP contribution in [0.4, 0.5) is 5.69 Å². The topological polar surface area (TPSA) is 55.7 Å². The van der Waals surface area contributed by atoms with Crippen molar-refractivity contribution in [1.29, 1.82) is 5.26 Å². The number of halogens is 1. The van der Waals surface area contributed by atoms with Crippen LogP contribution in [-0.4, -0.2) is 24.1 Å². The van der Waals surface area contributed by atoms with Crippen LogP contribution in [0, 0.1) is 11.3 Å². The summed E-state index contributed by atoms with van der Waals surface area (Å²) in [4.78, 5) is 9.70. The lowest BCUT2D eigenvalue weighted by Crippen LogP contribution is -2.09. The molecule has 23 heavy (non-hydrogen) atoms. The van der Waals surface area contributed by atoms with Crippen LogP contribution in [0.25, 0.3) is 22.7 Å². The predicted octanol–water partition coefficient (Wildman–Crippen LogP) is 4.46. The van der Waals surface area contributed by atoms with E-state index in [1.54, 1.807) is 0 Å². The summed E-state index contributed by atoms with van der Waals surface area (Å²) in [6.07, 6.45) is 1.84. The first-order chi connectivity index (χ1) is 11.1. The Labute approximate surface area is 143 Å². The molecule has 0 atom stereocenters. The number of aromatic amines is 1. The molecule has 0 aliphatic heterocycles. The minimum atomic E-state index is 0.505. The first kappa shape index (κ1) is 15.3. The fraction of sp³-hybridized carbons (Fsp3) is 0.111. The standard InChI is InChI=1S/C18H15BrN4/c1-23(2)17-8-7-12(10-14(17)19)9-13(11-20)18-21-15-5-3-4-6-16(15)22-18/h3-10H,1-2H3,(H,21,22). The molecular weight excluding hydrogens is 352 g/mol. The molecule has 3 rings (SSSR count). The van der Waals surface area contributed by atoms with E-state index in [2.05, 4.69) is 32.0 Å². The SMILES string of the molecule is CN(C)c1ccc(C=C(C#N)c2nc3ccccc3[nH]2)cc1Br. The molecule has 2 aromatic carbocycles. The van der Waals surface area contributed by atoms with Crippen molar-refractivity contribution in [1.82, 2.24) is 9.97 Å². The number of nitriles is 1. The molecule has 0 aliphatic rings. The number of aromatic nitrogens is 2. The highest BCUT2D eigenvalue weighted by Gasteiger charge is 2.08. The van der Waals surface area contributed by atoms with E-state index in [-0.39, 0.29) is 0 Å². The van der Waals surface area contributed by atoms with Gasteiger partial charge in [0.2, 0.25) is 0 Å². The number of nitrogens with one attached hydrogen (secondary N) is 1. The molecule has 0 unspecified atom stereocenters. The van der Waals surface area contributed by atoms with Gasteiger partial charge in [-0.2, -0.15) is 5.26 Å². The lowest BCUT2D eigenvalue weighted by atomic mass is 10.1. The van der Waals surface area contributed by atoms with Crippen LogP contribution < -0.4 is 4.90 Å². The summed E-state index contributed by atoms with van der Waals surface area (Å²) in [5.74, 6) is 0.585. The van der Waals surface area contributed by atoms with Crippen molar-refractivity contribution in [3.63, 3.8) is 0 Å². The highest BCUT2D eigenvalue weighted by atomic mass is 79.9. The Morgan fingerprint density at radius 1 is 1.26 bits per heavy atom. The second-order valence-corrected chi connectivity index (χ2v) is 6.23. The van der Waals surface area contributed by atoms with Gasteiger partial charge in [0.25, 0.3) is 0 Å². The number of allylic oxidation sites excluding steroid dienone is 1. The average molecular weight is 367 g/mol. The number of hydrogen-bond acceptors (Lipinski definition) is 3. The second kappa shape index (κ2) is 6.27. The van der Waals surface area contributed by atoms with Crippen molar-refractivity contribution >= 4 is 44.3 Å². The third kappa shape index (κ3) is 3.13. The van der Waals surface area contributed by atoms with Crippen LogP contribution in [0.5, 0.6) is 0 Å². The minimum Gasteiger partial charge on any atom is -0.377 e. The quantitative estimate of drug-likeness (QED) is 0.696. The number of hydrogen-bond donors (Lipinski definition) is 1. The lowest BCUT2D eigenvalue weighted by molar-refractivity contribution is 1.12. The Morgan fingerprint density at radius 2 is 2.04 bits per heavy atom. The van der Waals surface area contributed by atoms with Gasteiger partial charge in [0.1, 0.15) is 11.9 Å². The van der Waals surface area contributed by atoms with E-state index < -0.39 is 0 Å². The molecular formula is C18H15BrN4. The van der Waals surface area contributed by atoms with Crippen molar-refractivity contribution in [2.45, 2.75) is 0 Å². The Kier molecular flexibility index (Phi) is 4.18. The van der Waals surface area contributed by atoms with Gasteiger partial charge in [-0.05, 0) is 51.8 Å². The molecule has 1 aromatic heterocycles. The first-order valence-corrected chi connectivity index (χ1v) is 7.91. The van der Waals surface area contributed by atoms with Gasteiger partial charge in [-0.3, -0.25) is 0 Å². The molecule has 4 nitrogen and oxygen atoms in total. The van der Waals surface area contributed by atoms with Crippen LogP contribution in [-0.2, 0) is 0 Å². The maximum absolute atomic E-state index is 9.48. The van der Waals surface area contributed by atoms with Crippen LogP contribution in [0.2, 0.25) is 0 Å². The van der Waals surface area contributed by atoms with E-state index in [0.717, 1.165) is 26.8 Å².